The Balaban J connectivity index is 1.93. The van der Waals surface area contributed by atoms with E-state index in [2.05, 4.69) is 23.3 Å². The fourth-order valence-corrected chi connectivity index (χ4v) is 2.36. The smallest absolute Gasteiger partial charge is 0.256 e. The average molecular weight is 276 g/mol. The maximum Gasteiger partial charge on any atom is 0.256 e. The van der Waals surface area contributed by atoms with E-state index in [1.165, 1.54) is 5.56 Å². The lowest BCUT2D eigenvalue weighted by molar-refractivity contribution is 0.102. The number of rotatable bonds is 3. The van der Waals surface area contributed by atoms with Crippen molar-refractivity contribution < 1.29 is 4.79 Å². The first-order valence-corrected chi connectivity index (χ1v) is 7.02. The van der Waals surface area contributed by atoms with Gasteiger partial charge >= 0.3 is 0 Å². The van der Waals surface area contributed by atoms with Crippen molar-refractivity contribution in [3.63, 3.8) is 0 Å². The van der Waals surface area contributed by atoms with Crippen LogP contribution < -0.4 is 5.32 Å². The predicted molar refractivity (Wildman–Crippen MR) is 85.5 cm³/mol. The lowest BCUT2D eigenvalue weighted by Gasteiger charge is -2.08. The van der Waals surface area contributed by atoms with Crippen molar-refractivity contribution >= 4 is 22.5 Å². The number of carbonyl (C=O) groups excluding carboxylic acids is 1. The molecule has 1 N–H and O–H groups in total. The Bertz CT molecular complexity index is 791. The molecule has 0 fully saturated rings. The molecule has 0 aliphatic heterocycles. The van der Waals surface area contributed by atoms with Gasteiger partial charge in [-0.3, -0.25) is 9.78 Å². The van der Waals surface area contributed by atoms with Crippen LogP contribution in [0.1, 0.15) is 22.8 Å². The van der Waals surface area contributed by atoms with Gasteiger partial charge in [0.1, 0.15) is 0 Å². The van der Waals surface area contributed by atoms with Crippen LogP contribution in [-0.2, 0) is 6.42 Å². The fraction of sp³-hybridized carbons (Fsp3) is 0.111. The van der Waals surface area contributed by atoms with Crippen LogP contribution in [-0.4, -0.2) is 10.9 Å². The molecule has 1 aromatic heterocycles. The zero-order chi connectivity index (χ0) is 14.7. The number of nitrogens with one attached hydrogen (secondary N) is 1. The first-order chi connectivity index (χ1) is 10.3. The van der Waals surface area contributed by atoms with Gasteiger partial charge in [0.05, 0.1) is 11.1 Å². The summed E-state index contributed by atoms with van der Waals surface area (Å²) in [6.45, 7) is 2.09. The molecule has 3 aromatic rings. The zero-order valence-corrected chi connectivity index (χ0v) is 11.8. The third-order valence-electron chi connectivity index (χ3n) is 3.49. The van der Waals surface area contributed by atoms with Crippen LogP contribution in [0.2, 0.25) is 0 Å². The summed E-state index contributed by atoms with van der Waals surface area (Å²) < 4.78 is 0. The molecule has 21 heavy (non-hydrogen) atoms. The maximum atomic E-state index is 12.5. The second-order valence-electron chi connectivity index (χ2n) is 4.88. The van der Waals surface area contributed by atoms with Gasteiger partial charge in [0.25, 0.3) is 5.91 Å². The van der Waals surface area contributed by atoms with Crippen molar-refractivity contribution in [1.82, 2.24) is 4.98 Å². The van der Waals surface area contributed by atoms with Crippen LogP contribution in [0.15, 0.2) is 60.8 Å². The molecule has 3 heteroatoms. The van der Waals surface area contributed by atoms with Gasteiger partial charge < -0.3 is 5.32 Å². The SMILES string of the molecule is CCc1cccc(NC(=O)c2ccnc3ccccc23)c1. The third kappa shape index (κ3) is 2.77. The van der Waals surface area contributed by atoms with E-state index in [-0.39, 0.29) is 5.91 Å². The van der Waals surface area contributed by atoms with E-state index in [1.54, 1.807) is 12.3 Å². The Morgan fingerprint density at radius 2 is 1.95 bits per heavy atom. The van der Waals surface area contributed by atoms with Gasteiger partial charge in [-0.1, -0.05) is 37.3 Å². The van der Waals surface area contributed by atoms with Crippen molar-refractivity contribution in [3.8, 4) is 0 Å². The van der Waals surface area contributed by atoms with Crippen molar-refractivity contribution in [2.45, 2.75) is 13.3 Å². The molecule has 0 saturated heterocycles. The van der Waals surface area contributed by atoms with Gasteiger partial charge in [0.2, 0.25) is 0 Å². The summed E-state index contributed by atoms with van der Waals surface area (Å²) in [6, 6.07) is 17.3. The molecule has 3 rings (SSSR count). The molecule has 0 atom stereocenters. The molecule has 104 valence electrons. The number of nitrogens with zero attached hydrogens (tertiary/aromatic N) is 1. The molecule has 3 nitrogen and oxygen atoms in total. The lowest BCUT2D eigenvalue weighted by Crippen LogP contribution is -2.12. The molecule has 0 spiro atoms. The van der Waals surface area contributed by atoms with Crippen LogP contribution in [0.5, 0.6) is 0 Å². The Morgan fingerprint density at radius 1 is 1.10 bits per heavy atom. The van der Waals surface area contributed by atoms with Crippen LogP contribution in [0, 0.1) is 0 Å². The molecule has 1 heterocycles. The van der Waals surface area contributed by atoms with Gasteiger partial charge in [-0.15, -0.1) is 0 Å². The van der Waals surface area contributed by atoms with E-state index >= 15 is 0 Å². The summed E-state index contributed by atoms with van der Waals surface area (Å²) in [4.78, 5) is 16.8. The Labute approximate surface area is 123 Å². The van der Waals surface area contributed by atoms with E-state index in [9.17, 15) is 4.79 Å². The van der Waals surface area contributed by atoms with Crippen molar-refractivity contribution in [2.24, 2.45) is 0 Å². The summed E-state index contributed by atoms with van der Waals surface area (Å²) in [5.74, 6) is -0.109. The number of amides is 1. The minimum atomic E-state index is -0.109. The van der Waals surface area contributed by atoms with Gasteiger partial charge in [-0.05, 0) is 36.2 Å². The Hall–Kier alpha value is -2.68. The molecular formula is C18H16N2O. The summed E-state index contributed by atoms with van der Waals surface area (Å²) in [5, 5.41) is 3.82. The van der Waals surface area contributed by atoms with E-state index in [0.717, 1.165) is 23.0 Å². The molecule has 1 amide bonds. The van der Waals surface area contributed by atoms with Crippen LogP contribution >= 0.6 is 0 Å². The number of aromatic nitrogens is 1. The average Bonchev–Trinajstić information content (AvgIpc) is 2.54. The Kier molecular flexibility index (Phi) is 3.65. The number of hydrogen-bond donors (Lipinski definition) is 1. The number of benzene rings is 2. The van der Waals surface area contributed by atoms with Gasteiger partial charge in [-0.25, -0.2) is 0 Å². The first-order valence-electron chi connectivity index (χ1n) is 7.02. The van der Waals surface area contributed by atoms with Crippen molar-refractivity contribution in [2.75, 3.05) is 5.32 Å². The predicted octanol–water partition coefficient (Wildman–Crippen LogP) is 4.05. The highest BCUT2D eigenvalue weighted by molar-refractivity contribution is 6.12. The summed E-state index contributed by atoms with van der Waals surface area (Å²) >= 11 is 0. The molecule has 0 saturated carbocycles. The van der Waals surface area contributed by atoms with Crippen molar-refractivity contribution in [1.29, 1.82) is 0 Å². The third-order valence-corrected chi connectivity index (χ3v) is 3.49. The number of fused-ring (bicyclic) bond motifs is 1. The standard InChI is InChI=1S/C18H16N2O/c1-2-13-6-5-7-14(12-13)20-18(21)16-10-11-19-17-9-4-3-8-15(16)17/h3-12H,2H2,1H3,(H,20,21). The summed E-state index contributed by atoms with van der Waals surface area (Å²) in [7, 11) is 0. The van der Waals surface area contributed by atoms with Crippen LogP contribution in [0.4, 0.5) is 5.69 Å². The fourth-order valence-electron chi connectivity index (χ4n) is 2.36. The zero-order valence-electron chi connectivity index (χ0n) is 11.8. The van der Waals surface area contributed by atoms with Crippen molar-refractivity contribution in [3.05, 3.63) is 71.9 Å². The molecule has 0 radical (unpaired) electrons. The molecular weight excluding hydrogens is 260 g/mol. The largest absolute Gasteiger partial charge is 0.322 e. The minimum Gasteiger partial charge on any atom is -0.322 e. The second kappa shape index (κ2) is 5.75. The molecule has 0 aliphatic carbocycles. The number of para-hydroxylation sites is 1. The molecule has 0 aliphatic rings. The minimum absolute atomic E-state index is 0.109. The molecule has 2 aromatic carbocycles. The van der Waals surface area contributed by atoms with Gasteiger partial charge in [0.15, 0.2) is 0 Å². The quantitative estimate of drug-likeness (QED) is 0.784. The second-order valence-corrected chi connectivity index (χ2v) is 4.88. The highest BCUT2D eigenvalue weighted by atomic mass is 16.1. The number of hydrogen-bond acceptors (Lipinski definition) is 2. The molecule has 0 unspecified atom stereocenters. The van der Waals surface area contributed by atoms with E-state index in [0.29, 0.717) is 5.56 Å². The van der Waals surface area contributed by atoms with E-state index in [4.69, 9.17) is 0 Å². The van der Waals surface area contributed by atoms with E-state index in [1.807, 2.05) is 42.5 Å². The topological polar surface area (TPSA) is 42.0 Å². The first kappa shape index (κ1) is 13.3. The molecule has 0 bridgehead atoms. The van der Waals surface area contributed by atoms with Crippen LogP contribution in [0.3, 0.4) is 0 Å². The van der Waals surface area contributed by atoms with E-state index < -0.39 is 0 Å². The summed E-state index contributed by atoms with van der Waals surface area (Å²) in [6.07, 6.45) is 2.61. The van der Waals surface area contributed by atoms with Crippen LogP contribution in [0.25, 0.3) is 10.9 Å². The highest BCUT2D eigenvalue weighted by Gasteiger charge is 2.10. The number of anilines is 1. The lowest BCUT2D eigenvalue weighted by atomic mass is 10.1. The highest BCUT2D eigenvalue weighted by Crippen LogP contribution is 2.18. The van der Waals surface area contributed by atoms with Gasteiger partial charge in [0, 0.05) is 17.3 Å². The number of carbonyl (C=O) groups is 1. The van der Waals surface area contributed by atoms with Gasteiger partial charge in [-0.2, -0.15) is 0 Å². The number of pyridine rings is 1. The Morgan fingerprint density at radius 3 is 2.81 bits per heavy atom. The maximum absolute atomic E-state index is 12.5. The normalized spacial score (nSPS) is 10.5. The summed E-state index contributed by atoms with van der Waals surface area (Å²) in [5.41, 5.74) is 3.49. The number of aryl methyl sites for hydroxylation is 1. The monoisotopic (exact) mass is 276 g/mol.